The van der Waals surface area contributed by atoms with Crippen molar-refractivity contribution in [3.8, 4) is 0 Å². The molecular formula is C16H25N3O2. The minimum Gasteiger partial charge on any atom is -0.399 e. The van der Waals surface area contributed by atoms with Crippen molar-refractivity contribution in [2.75, 3.05) is 37.4 Å². The summed E-state index contributed by atoms with van der Waals surface area (Å²) in [4.78, 5) is 16.3. The van der Waals surface area contributed by atoms with Crippen LogP contribution in [0, 0.1) is 0 Å². The van der Waals surface area contributed by atoms with E-state index in [0.29, 0.717) is 18.3 Å². The molecule has 0 unspecified atom stereocenters. The number of nitrogen functional groups attached to an aromatic ring is 1. The Bertz CT molecular complexity index is 457. The van der Waals surface area contributed by atoms with Crippen LogP contribution in [0.5, 0.6) is 0 Å². The topological polar surface area (TPSA) is 69.8 Å². The Morgan fingerprint density at radius 3 is 2.52 bits per heavy atom. The zero-order valence-electron chi connectivity index (χ0n) is 12.7. The summed E-state index contributed by atoms with van der Waals surface area (Å²) in [6, 6.07) is 7.81. The van der Waals surface area contributed by atoms with Gasteiger partial charge in [0.05, 0.1) is 6.54 Å². The van der Waals surface area contributed by atoms with Gasteiger partial charge in [-0.3, -0.25) is 9.69 Å². The van der Waals surface area contributed by atoms with E-state index in [1.807, 2.05) is 12.1 Å². The van der Waals surface area contributed by atoms with E-state index < -0.39 is 0 Å². The molecule has 0 atom stereocenters. The lowest BCUT2D eigenvalue weighted by molar-refractivity contribution is -0.120. The maximum Gasteiger partial charge on any atom is 0.240 e. The first-order valence-electron chi connectivity index (χ1n) is 7.59. The summed E-state index contributed by atoms with van der Waals surface area (Å²) in [6.45, 7) is 1.36. The van der Waals surface area contributed by atoms with Crippen LogP contribution >= 0.6 is 0 Å². The van der Waals surface area contributed by atoms with Crippen molar-refractivity contribution in [3.05, 3.63) is 24.3 Å². The van der Waals surface area contributed by atoms with Gasteiger partial charge in [0.1, 0.15) is 0 Å². The van der Waals surface area contributed by atoms with Crippen LogP contribution in [0.15, 0.2) is 24.3 Å². The van der Waals surface area contributed by atoms with Crippen molar-refractivity contribution in [2.24, 2.45) is 0 Å². The Balaban J connectivity index is 1.95. The fourth-order valence-corrected chi connectivity index (χ4v) is 2.54. The van der Waals surface area contributed by atoms with Crippen molar-refractivity contribution in [3.63, 3.8) is 0 Å². The van der Waals surface area contributed by atoms with E-state index in [9.17, 15) is 4.79 Å². The molecule has 1 aromatic rings. The molecule has 1 fully saturated rings. The molecule has 0 aliphatic heterocycles. The monoisotopic (exact) mass is 291 g/mol. The molecule has 0 radical (unpaired) electrons. The molecule has 0 heterocycles. The summed E-state index contributed by atoms with van der Waals surface area (Å²) in [7, 11) is 1.79. The second-order valence-electron chi connectivity index (χ2n) is 5.68. The van der Waals surface area contributed by atoms with Crippen LogP contribution in [-0.4, -0.2) is 48.7 Å². The predicted octanol–water partition coefficient (Wildman–Crippen LogP) is 1.47. The van der Waals surface area contributed by atoms with E-state index in [4.69, 9.17) is 10.8 Å². The third kappa shape index (κ3) is 4.19. The number of aliphatic hydroxyl groups excluding tert-OH is 1. The summed E-state index contributed by atoms with van der Waals surface area (Å²) in [5.41, 5.74) is 7.21. The number of nitrogens with two attached hydrogens (primary N) is 1. The van der Waals surface area contributed by atoms with Crippen LogP contribution in [0.3, 0.4) is 0 Å². The number of nitrogens with zero attached hydrogens (tertiary/aromatic N) is 2. The van der Waals surface area contributed by atoms with Gasteiger partial charge in [0.2, 0.25) is 5.91 Å². The smallest absolute Gasteiger partial charge is 0.240 e. The summed E-state index contributed by atoms with van der Waals surface area (Å²) in [5, 5.41) is 9.00. The van der Waals surface area contributed by atoms with E-state index >= 15 is 0 Å². The van der Waals surface area contributed by atoms with E-state index in [1.54, 1.807) is 24.1 Å². The first kappa shape index (κ1) is 15.8. The van der Waals surface area contributed by atoms with Crippen molar-refractivity contribution < 1.29 is 9.90 Å². The van der Waals surface area contributed by atoms with Crippen LogP contribution in [-0.2, 0) is 4.79 Å². The molecule has 0 aromatic heterocycles. The van der Waals surface area contributed by atoms with Crippen LogP contribution in [0.1, 0.15) is 25.7 Å². The number of carbonyl (C=O) groups excluding carboxylic acids is 1. The highest BCUT2D eigenvalue weighted by molar-refractivity contribution is 5.94. The molecule has 1 aromatic carbocycles. The lowest BCUT2D eigenvalue weighted by atomic mass is 9.91. The standard InChI is InChI=1S/C16H25N3O2/c1-18(14-8-6-13(17)7-9-14)16(21)12-19(10-3-11-20)15-4-2-5-15/h6-9,15,20H,2-5,10-12,17H2,1H3. The molecule has 5 heteroatoms. The van der Waals surface area contributed by atoms with Gasteiger partial charge >= 0.3 is 0 Å². The van der Waals surface area contributed by atoms with Gasteiger partial charge < -0.3 is 15.7 Å². The minimum atomic E-state index is 0.0737. The molecule has 0 spiro atoms. The Morgan fingerprint density at radius 2 is 2.00 bits per heavy atom. The van der Waals surface area contributed by atoms with Gasteiger partial charge in [0.25, 0.3) is 0 Å². The number of hydrogen-bond acceptors (Lipinski definition) is 4. The highest BCUT2D eigenvalue weighted by Gasteiger charge is 2.27. The number of amides is 1. The fraction of sp³-hybridized carbons (Fsp3) is 0.562. The number of rotatable bonds is 7. The normalized spacial score (nSPS) is 15.0. The largest absolute Gasteiger partial charge is 0.399 e. The van der Waals surface area contributed by atoms with E-state index in [1.165, 1.54) is 6.42 Å². The SMILES string of the molecule is CN(C(=O)CN(CCCO)C1CCC1)c1ccc(N)cc1. The van der Waals surface area contributed by atoms with Crippen LogP contribution in [0.2, 0.25) is 0 Å². The number of anilines is 2. The maximum atomic E-state index is 12.4. The number of benzene rings is 1. The number of aliphatic hydroxyl groups is 1. The summed E-state index contributed by atoms with van der Waals surface area (Å²) < 4.78 is 0. The zero-order valence-corrected chi connectivity index (χ0v) is 12.7. The van der Waals surface area contributed by atoms with Gasteiger partial charge in [-0.05, 0) is 43.5 Å². The van der Waals surface area contributed by atoms with Crippen LogP contribution < -0.4 is 10.6 Å². The molecule has 5 nitrogen and oxygen atoms in total. The molecule has 0 bridgehead atoms. The molecule has 116 valence electrons. The van der Waals surface area contributed by atoms with Gasteiger partial charge in [-0.15, -0.1) is 0 Å². The Labute approximate surface area is 126 Å². The zero-order chi connectivity index (χ0) is 15.2. The number of likely N-dealkylation sites (N-methyl/N-ethyl adjacent to an activating group) is 1. The molecule has 1 aliphatic rings. The lowest BCUT2D eigenvalue weighted by Gasteiger charge is -2.37. The maximum absolute atomic E-state index is 12.4. The summed E-state index contributed by atoms with van der Waals surface area (Å²) >= 11 is 0. The van der Waals surface area contributed by atoms with E-state index in [2.05, 4.69) is 4.90 Å². The van der Waals surface area contributed by atoms with Crippen molar-refractivity contribution in [1.82, 2.24) is 4.90 Å². The summed E-state index contributed by atoms with van der Waals surface area (Å²) in [5.74, 6) is 0.0737. The van der Waals surface area contributed by atoms with Gasteiger partial charge in [0, 0.05) is 37.6 Å². The molecule has 1 aliphatic carbocycles. The Kier molecular flexibility index (Phi) is 5.59. The van der Waals surface area contributed by atoms with Gasteiger partial charge in [-0.1, -0.05) is 6.42 Å². The van der Waals surface area contributed by atoms with Crippen molar-refractivity contribution in [2.45, 2.75) is 31.7 Å². The third-order valence-corrected chi connectivity index (χ3v) is 4.19. The predicted molar refractivity (Wildman–Crippen MR) is 85.2 cm³/mol. The Hall–Kier alpha value is -1.59. The first-order valence-corrected chi connectivity index (χ1v) is 7.59. The molecule has 1 saturated carbocycles. The molecule has 0 saturated heterocycles. The van der Waals surface area contributed by atoms with Crippen LogP contribution in [0.25, 0.3) is 0 Å². The number of hydrogen-bond donors (Lipinski definition) is 2. The van der Waals surface area contributed by atoms with E-state index in [-0.39, 0.29) is 12.5 Å². The van der Waals surface area contributed by atoms with Crippen LogP contribution in [0.4, 0.5) is 11.4 Å². The fourth-order valence-electron chi connectivity index (χ4n) is 2.54. The minimum absolute atomic E-state index is 0.0737. The molecule has 3 N–H and O–H groups in total. The molecular weight excluding hydrogens is 266 g/mol. The van der Waals surface area contributed by atoms with Gasteiger partial charge in [-0.2, -0.15) is 0 Å². The molecule has 21 heavy (non-hydrogen) atoms. The highest BCUT2D eigenvalue weighted by Crippen LogP contribution is 2.25. The van der Waals surface area contributed by atoms with Gasteiger partial charge in [0.15, 0.2) is 0 Å². The lowest BCUT2D eigenvalue weighted by Crippen LogP contribution is -2.47. The number of carbonyl (C=O) groups is 1. The first-order chi connectivity index (χ1) is 10.1. The average molecular weight is 291 g/mol. The second kappa shape index (κ2) is 7.43. The van der Waals surface area contributed by atoms with Crippen molar-refractivity contribution in [1.29, 1.82) is 0 Å². The van der Waals surface area contributed by atoms with Gasteiger partial charge in [-0.25, -0.2) is 0 Å². The molecule has 2 rings (SSSR count). The second-order valence-corrected chi connectivity index (χ2v) is 5.68. The van der Waals surface area contributed by atoms with E-state index in [0.717, 1.165) is 31.5 Å². The Morgan fingerprint density at radius 1 is 1.33 bits per heavy atom. The molecule has 1 amide bonds. The highest BCUT2D eigenvalue weighted by atomic mass is 16.3. The third-order valence-electron chi connectivity index (χ3n) is 4.19. The van der Waals surface area contributed by atoms with Crippen molar-refractivity contribution >= 4 is 17.3 Å². The average Bonchev–Trinajstić information content (AvgIpc) is 2.42. The quantitative estimate of drug-likeness (QED) is 0.746. The summed E-state index contributed by atoms with van der Waals surface area (Å²) in [6.07, 6.45) is 4.27.